The van der Waals surface area contributed by atoms with E-state index in [9.17, 15) is 4.79 Å². The number of furan rings is 1. The highest BCUT2D eigenvalue weighted by atomic mass is 35.5. The molecule has 0 fully saturated rings. The first kappa shape index (κ1) is 21.0. The van der Waals surface area contributed by atoms with Crippen molar-refractivity contribution < 1.29 is 13.9 Å². The maximum absolute atomic E-state index is 12.5. The van der Waals surface area contributed by atoms with E-state index in [0.29, 0.717) is 33.9 Å². The van der Waals surface area contributed by atoms with Crippen LogP contribution in [0.15, 0.2) is 71.1 Å². The summed E-state index contributed by atoms with van der Waals surface area (Å²) in [6, 6.07) is 19.7. The number of ether oxygens (including phenoxy) is 1. The van der Waals surface area contributed by atoms with E-state index in [2.05, 4.69) is 10.4 Å². The van der Waals surface area contributed by atoms with Crippen molar-refractivity contribution in [3.05, 3.63) is 99.6 Å². The molecule has 6 nitrogen and oxygen atoms in total. The molecule has 31 heavy (non-hydrogen) atoms. The van der Waals surface area contributed by atoms with Gasteiger partial charge in [-0.05, 0) is 55.0 Å². The van der Waals surface area contributed by atoms with Crippen LogP contribution in [0.25, 0.3) is 0 Å². The van der Waals surface area contributed by atoms with Gasteiger partial charge in [0.05, 0.1) is 6.54 Å². The molecule has 0 saturated carbocycles. The number of amides is 1. The molecule has 0 spiro atoms. The first-order chi connectivity index (χ1) is 15.0. The van der Waals surface area contributed by atoms with E-state index in [-0.39, 0.29) is 18.3 Å². The van der Waals surface area contributed by atoms with Crippen molar-refractivity contribution in [2.24, 2.45) is 0 Å². The number of halogens is 2. The zero-order valence-corrected chi connectivity index (χ0v) is 18.2. The van der Waals surface area contributed by atoms with Crippen LogP contribution in [0.5, 0.6) is 5.75 Å². The minimum Gasteiger partial charge on any atom is -0.486 e. The lowest BCUT2D eigenvalue weighted by Gasteiger charge is -2.06. The Morgan fingerprint density at radius 1 is 1.10 bits per heavy atom. The van der Waals surface area contributed by atoms with Crippen molar-refractivity contribution in [1.82, 2.24) is 9.78 Å². The normalized spacial score (nSPS) is 10.8. The Balaban J connectivity index is 1.37. The zero-order valence-electron chi connectivity index (χ0n) is 16.6. The van der Waals surface area contributed by atoms with E-state index in [4.69, 9.17) is 32.4 Å². The van der Waals surface area contributed by atoms with Gasteiger partial charge in [-0.2, -0.15) is 5.10 Å². The number of aryl methyl sites for hydroxylation is 1. The average Bonchev–Trinajstić information content (AvgIpc) is 3.36. The predicted octanol–water partition coefficient (Wildman–Crippen LogP) is 5.97. The largest absolute Gasteiger partial charge is 0.486 e. The Morgan fingerprint density at radius 2 is 1.87 bits per heavy atom. The summed E-state index contributed by atoms with van der Waals surface area (Å²) in [5.74, 6) is 1.41. The summed E-state index contributed by atoms with van der Waals surface area (Å²) in [4.78, 5) is 12.5. The van der Waals surface area contributed by atoms with E-state index in [0.717, 1.165) is 11.3 Å². The van der Waals surface area contributed by atoms with Crippen molar-refractivity contribution in [2.45, 2.75) is 20.1 Å². The van der Waals surface area contributed by atoms with Crippen LogP contribution in [-0.4, -0.2) is 15.7 Å². The lowest BCUT2D eigenvalue weighted by atomic mass is 10.2. The van der Waals surface area contributed by atoms with Crippen molar-refractivity contribution >= 4 is 34.9 Å². The molecule has 2 heterocycles. The third-order valence-corrected chi connectivity index (χ3v) is 5.20. The molecule has 1 N–H and O–H groups in total. The Kier molecular flexibility index (Phi) is 6.30. The van der Waals surface area contributed by atoms with Gasteiger partial charge in [0.1, 0.15) is 18.1 Å². The smallest absolute Gasteiger partial charge is 0.292 e. The van der Waals surface area contributed by atoms with Gasteiger partial charge in [0.25, 0.3) is 5.91 Å². The molecule has 0 aliphatic heterocycles. The number of carbonyl (C=O) groups excluding carboxylic acids is 1. The van der Waals surface area contributed by atoms with Crippen LogP contribution in [-0.2, 0) is 13.2 Å². The van der Waals surface area contributed by atoms with Crippen molar-refractivity contribution in [2.75, 3.05) is 5.32 Å². The average molecular weight is 456 g/mol. The van der Waals surface area contributed by atoms with Gasteiger partial charge in [0.2, 0.25) is 0 Å². The van der Waals surface area contributed by atoms with Gasteiger partial charge in [-0.1, -0.05) is 41.4 Å². The first-order valence-corrected chi connectivity index (χ1v) is 10.3. The van der Waals surface area contributed by atoms with Gasteiger partial charge in [-0.3, -0.25) is 9.48 Å². The third kappa shape index (κ3) is 5.29. The summed E-state index contributed by atoms with van der Waals surface area (Å²) in [7, 11) is 0. The fraction of sp³-hybridized carbons (Fsp3) is 0.130. The quantitative estimate of drug-likeness (QED) is 0.372. The molecule has 1 amide bonds. The van der Waals surface area contributed by atoms with Gasteiger partial charge in [0.15, 0.2) is 11.6 Å². The summed E-state index contributed by atoms with van der Waals surface area (Å²) in [5, 5.41) is 8.52. The number of benzene rings is 2. The topological polar surface area (TPSA) is 69.3 Å². The lowest BCUT2D eigenvalue weighted by molar-refractivity contribution is 0.0992. The van der Waals surface area contributed by atoms with Gasteiger partial charge >= 0.3 is 0 Å². The lowest BCUT2D eigenvalue weighted by Crippen LogP contribution is -2.12. The molecule has 2 aromatic carbocycles. The molecule has 0 aliphatic rings. The number of rotatable bonds is 7. The standard InChI is InChI=1S/C23H19Cl2N3O3/c1-15-12-22(27-28(15)13-16-4-2-3-5-20(16)25)26-23(29)21-11-10-19(31-21)14-30-18-8-6-17(24)7-9-18/h2-12H,13-14H2,1H3,(H,26,27,29). The summed E-state index contributed by atoms with van der Waals surface area (Å²) in [6.07, 6.45) is 0. The van der Waals surface area contributed by atoms with Crippen LogP contribution in [0.1, 0.15) is 27.6 Å². The number of nitrogens with one attached hydrogen (secondary N) is 1. The Hall–Kier alpha value is -3.22. The molecule has 4 aromatic rings. The molecule has 8 heteroatoms. The molecule has 0 aliphatic carbocycles. The Morgan fingerprint density at radius 3 is 2.65 bits per heavy atom. The highest BCUT2D eigenvalue weighted by Crippen LogP contribution is 2.20. The van der Waals surface area contributed by atoms with Crippen molar-refractivity contribution in [3.8, 4) is 5.75 Å². The van der Waals surface area contributed by atoms with Gasteiger partial charge in [0, 0.05) is 21.8 Å². The highest BCUT2D eigenvalue weighted by Gasteiger charge is 2.15. The Bertz CT molecular complexity index is 1200. The first-order valence-electron chi connectivity index (χ1n) is 9.54. The van der Waals surface area contributed by atoms with Crippen LogP contribution >= 0.6 is 23.2 Å². The summed E-state index contributed by atoms with van der Waals surface area (Å²) in [6.45, 7) is 2.62. The molecule has 0 bridgehead atoms. The molecule has 0 radical (unpaired) electrons. The van der Waals surface area contributed by atoms with Gasteiger partial charge < -0.3 is 14.5 Å². The number of anilines is 1. The van der Waals surface area contributed by atoms with Crippen LogP contribution in [0, 0.1) is 6.92 Å². The van der Waals surface area contributed by atoms with E-state index < -0.39 is 0 Å². The maximum atomic E-state index is 12.5. The third-order valence-electron chi connectivity index (χ3n) is 4.58. The summed E-state index contributed by atoms with van der Waals surface area (Å²) < 4.78 is 13.0. The molecular formula is C23H19Cl2N3O3. The van der Waals surface area contributed by atoms with Crippen LogP contribution in [0.3, 0.4) is 0 Å². The van der Waals surface area contributed by atoms with Crippen LogP contribution < -0.4 is 10.1 Å². The molecule has 0 saturated heterocycles. The monoisotopic (exact) mass is 455 g/mol. The number of aromatic nitrogens is 2. The second-order valence-electron chi connectivity index (χ2n) is 6.88. The molecule has 0 unspecified atom stereocenters. The van der Waals surface area contributed by atoms with Crippen LogP contribution in [0.4, 0.5) is 5.82 Å². The minimum atomic E-state index is -0.389. The van der Waals surface area contributed by atoms with Gasteiger partial charge in [-0.25, -0.2) is 0 Å². The second-order valence-corrected chi connectivity index (χ2v) is 7.73. The van der Waals surface area contributed by atoms with Crippen molar-refractivity contribution in [3.63, 3.8) is 0 Å². The van der Waals surface area contributed by atoms with E-state index in [1.807, 2.05) is 31.2 Å². The predicted molar refractivity (Wildman–Crippen MR) is 120 cm³/mol. The molecular weight excluding hydrogens is 437 g/mol. The number of nitrogens with zero attached hydrogens (tertiary/aromatic N) is 2. The molecule has 2 aromatic heterocycles. The zero-order chi connectivity index (χ0) is 21.8. The highest BCUT2D eigenvalue weighted by molar-refractivity contribution is 6.31. The summed E-state index contributed by atoms with van der Waals surface area (Å²) >= 11 is 12.1. The number of hydrogen-bond acceptors (Lipinski definition) is 4. The molecule has 158 valence electrons. The van der Waals surface area contributed by atoms with E-state index >= 15 is 0 Å². The Labute approximate surface area is 189 Å². The van der Waals surface area contributed by atoms with E-state index in [1.54, 1.807) is 47.1 Å². The fourth-order valence-electron chi connectivity index (χ4n) is 2.96. The van der Waals surface area contributed by atoms with Crippen molar-refractivity contribution in [1.29, 1.82) is 0 Å². The fourth-order valence-corrected chi connectivity index (χ4v) is 3.28. The van der Waals surface area contributed by atoms with Crippen LogP contribution in [0.2, 0.25) is 10.0 Å². The summed E-state index contributed by atoms with van der Waals surface area (Å²) in [5.41, 5.74) is 1.84. The molecule has 0 atom stereocenters. The van der Waals surface area contributed by atoms with E-state index in [1.165, 1.54) is 0 Å². The maximum Gasteiger partial charge on any atom is 0.292 e. The minimum absolute atomic E-state index is 0.174. The number of carbonyl (C=O) groups is 1. The van der Waals surface area contributed by atoms with Gasteiger partial charge in [-0.15, -0.1) is 0 Å². The second kappa shape index (κ2) is 9.29. The molecule has 4 rings (SSSR count). The SMILES string of the molecule is Cc1cc(NC(=O)c2ccc(COc3ccc(Cl)cc3)o2)nn1Cc1ccccc1Cl. The number of hydrogen-bond donors (Lipinski definition) is 1.